The summed E-state index contributed by atoms with van der Waals surface area (Å²) in [5.74, 6) is 0.769. The van der Waals surface area contributed by atoms with Crippen molar-refractivity contribution >= 4 is 30.9 Å². The van der Waals surface area contributed by atoms with Crippen LogP contribution in [0.15, 0.2) is 41.7 Å². The Labute approximate surface area is 186 Å². The number of benzene rings is 1. The van der Waals surface area contributed by atoms with Gasteiger partial charge < -0.3 is 4.74 Å². The summed E-state index contributed by atoms with van der Waals surface area (Å²) < 4.78 is 57.5. The van der Waals surface area contributed by atoms with Gasteiger partial charge in [0.15, 0.2) is 15.5 Å². The van der Waals surface area contributed by atoms with E-state index in [1.807, 2.05) is 4.68 Å². The number of ether oxygens (including phenoxy) is 1. The van der Waals surface area contributed by atoms with Crippen molar-refractivity contribution in [2.75, 3.05) is 19.3 Å². The molecule has 0 spiro atoms. The first-order valence-corrected chi connectivity index (χ1v) is 13.8. The number of sulfonamides is 1. The molecule has 0 radical (unpaired) electrons. The molecule has 10 nitrogen and oxygen atoms in total. The number of nitrogens with zero attached hydrogens (tertiary/aromatic N) is 5. The maximum Gasteiger partial charge on any atom is 0.233 e. The van der Waals surface area contributed by atoms with Gasteiger partial charge in [-0.05, 0) is 49.9 Å². The van der Waals surface area contributed by atoms with E-state index in [2.05, 4.69) is 15.1 Å². The maximum absolute atomic E-state index is 12.5. The van der Waals surface area contributed by atoms with Crippen LogP contribution in [0.5, 0.6) is 11.6 Å². The molecule has 1 saturated heterocycles. The van der Waals surface area contributed by atoms with Gasteiger partial charge in [0.05, 0.1) is 22.4 Å². The van der Waals surface area contributed by atoms with Gasteiger partial charge in [0.2, 0.25) is 15.9 Å². The van der Waals surface area contributed by atoms with Gasteiger partial charge in [0.1, 0.15) is 17.5 Å². The van der Waals surface area contributed by atoms with Crippen LogP contribution in [0.2, 0.25) is 0 Å². The Bertz CT molecular complexity index is 1360. The molecular formula is C20H23N5O5S2. The van der Waals surface area contributed by atoms with Gasteiger partial charge in [-0.2, -0.15) is 5.10 Å². The Morgan fingerprint density at radius 2 is 1.66 bits per heavy atom. The summed E-state index contributed by atoms with van der Waals surface area (Å²) in [4.78, 5) is 8.79. The molecule has 1 aliphatic heterocycles. The average Bonchev–Trinajstić information content (AvgIpc) is 3.54. The highest BCUT2D eigenvalue weighted by molar-refractivity contribution is 7.90. The Morgan fingerprint density at radius 1 is 0.969 bits per heavy atom. The number of sulfone groups is 1. The lowest BCUT2D eigenvalue weighted by Crippen LogP contribution is -2.40. The molecule has 3 heterocycles. The predicted molar refractivity (Wildman–Crippen MR) is 117 cm³/mol. The third-order valence-electron chi connectivity index (χ3n) is 5.90. The summed E-state index contributed by atoms with van der Waals surface area (Å²) in [5, 5.41) is 4.93. The van der Waals surface area contributed by atoms with E-state index in [0.29, 0.717) is 48.6 Å². The highest BCUT2D eigenvalue weighted by atomic mass is 32.2. The third kappa shape index (κ3) is 3.97. The van der Waals surface area contributed by atoms with Crippen molar-refractivity contribution in [3.8, 4) is 11.6 Å². The maximum atomic E-state index is 12.5. The van der Waals surface area contributed by atoms with Crippen LogP contribution in [0.3, 0.4) is 0 Å². The molecule has 1 aliphatic carbocycles. The molecule has 1 saturated carbocycles. The second-order valence-electron chi connectivity index (χ2n) is 8.23. The number of rotatable bonds is 6. The largest absolute Gasteiger partial charge is 0.438 e. The molecule has 0 bridgehead atoms. The summed E-state index contributed by atoms with van der Waals surface area (Å²) in [6.07, 6.45) is 7.05. The average molecular weight is 478 g/mol. The Hall–Kier alpha value is -2.57. The van der Waals surface area contributed by atoms with Gasteiger partial charge in [0.25, 0.3) is 0 Å². The molecular weight excluding hydrogens is 454 g/mol. The minimum absolute atomic E-state index is 0.0370. The van der Waals surface area contributed by atoms with Crippen molar-refractivity contribution in [1.29, 1.82) is 0 Å². The van der Waals surface area contributed by atoms with Crippen LogP contribution >= 0.6 is 0 Å². The van der Waals surface area contributed by atoms with Crippen LogP contribution in [-0.2, 0) is 19.9 Å². The van der Waals surface area contributed by atoms with E-state index >= 15 is 0 Å². The molecule has 3 aromatic rings. The quantitative estimate of drug-likeness (QED) is 0.529. The second-order valence-corrected chi connectivity index (χ2v) is 12.5. The van der Waals surface area contributed by atoms with Gasteiger partial charge in [-0.15, -0.1) is 0 Å². The van der Waals surface area contributed by atoms with E-state index in [1.165, 1.54) is 18.5 Å². The fraction of sp³-hybridized carbons (Fsp3) is 0.450. The number of hydrogen-bond donors (Lipinski definition) is 0. The number of hydrogen-bond acceptors (Lipinski definition) is 8. The number of aromatic nitrogens is 4. The van der Waals surface area contributed by atoms with E-state index in [0.717, 1.165) is 19.1 Å². The van der Waals surface area contributed by atoms with Crippen molar-refractivity contribution in [3.63, 3.8) is 0 Å². The Morgan fingerprint density at radius 3 is 2.28 bits per heavy atom. The molecule has 2 fully saturated rings. The SMILES string of the molecule is CS(=O)(=O)c1ccc(Oc2ncnc3c2cnn3C2CCN(S(=O)(=O)C3CC3)CC2)cc1. The third-order valence-corrected chi connectivity index (χ3v) is 9.42. The molecule has 0 amide bonds. The van der Waals surface area contributed by atoms with E-state index < -0.39 is 19.9 Å². The Kier molecular flexibility index (Phi) is 5.18. The monoisotopic (exact) mass is 477 g/mol. The summed E-state index contributed by atoms with van der Waals surface area (Å²) >= 11 is 0. The van der Waals surface area contributed by atoms with Crippen molar-refractivity contribution in [3.05, 3.63) is 36.8 Å². The second kappa shape index (κ2) is 7.78. The van der Waals surface area contributed by atoms with E-state index in [9.17, 15) is 16.8 Å². The lowest BCUT2D eigenvalue weighted by atomic mass is 10.1. The first-order chi connectivity index (χ1) is 15.2. The lowest BCUT2D eigenvalue weighted by Gasteiger charge is -2.31. The van der Waals surface area contributed by atoms with Gasteiger partial charge in [-0.1, -0.05) is 0 Å². The molecule has 1 aromatic carbocycles. The van der Waals surface area contributed by atoms with Crippen LogP contribution in [0.1, 0.15) is 31.7 Å². The minimum atomic E-state index is -3.29. The molecule has 0 N–H and O–H groups in total. The smallest absolute Gasteiger partial charge is 0.233 e. The van der Waals surface area contributed by atoms with Crippen LogP contribution in [0.4, 0.5) is 0 Å². The molecule has 170 valence electrons. The van der Waals surface area contributed by atoms with Gasteiger partial charge in [-0.25, -0.2) is 35.8 Å². The predicted octanol–water partition coefficient (Wildman–Crippen LogP) is 2.15. The van der Waals surface area contributed by atoms with E-state index in [4.69, 9.17) is 4.74 Å². The molecule has 2 aromatic heterocycles. The molecule has 12 heteroatoms. The zero-order valence-electron chi connectivity index (χ0n) is 17.5. The molecule has 5 rings (SSSR count). The fourth-order valence-electron chi connectivity index (χ4n) is 3.97. The summed E-state index contributed by atoms with van der Waals surface area (Å²) in [6.45, 7) is 0.956. The lowest BCUT2D eigenvalue weighted by molar-refractivity contribution is 0.264. The zero-order valence-corrected chi connectivity index (χ0v) is 19.1. The normalized spacial score (nSPS) is 18.8. The van der Waals surface area contributed by atoms with Gasteiger partial charge >= 0.3 is 0 Å². The Balaban J connectivity index is 1.34. The first kappa shape index (κ1) is 21.3. The standard InChI is InChI=1S/C20H23N5O5S2/c1-31(26,27)16-4-2-15(3-5-16)30-20-18-12-23-25(19(18)21-13-22-20)14-8-10-24(11-9-14)32(28,29)17-6-7-17/h2-5,12-14,17H,6-11H2,1H3. The van der Waals surface area contributed by atoms with Crippen LogP contribution in [-0.4, -0.2) is 65.5 Å². The minimum Gasteiger partial charge on any atom is -0.438 e. The van der Waals surface area contributed by atoms with Crippen LogP contribution in [0, 0.1) is 0 Å². The summed E-state index contributed by atoms with van der Waals surface area (Å²) in [6, 6.07) is 6.15. The molecule has 0 atom stereocenters. The first-order valence-electron chi connectivity index (χ1n) is 10.4. The van der Waals surface area contributed by atoms with E-state index in [1.54, 1.807) is 22.6 Å². The molecule has 2 aliphatic rings. The summed E-state index contributed by atoms with van der Waals surface area (Å²) in [7, 11) is -6.44. The number of piperidine rings is 1. The highest BCUT2D eigenvalue weighted by Gasteiger charge is 2.41. The molecule has 32 heavy (non-hydrogen) atoms. The van der Waals surface area contributed by atoms with Crippen molar-refractivity contribution in [2.24, 2.45) is 0 Å². The van der Waals surface area contributed by atoms with Gasteiger partial charge in [0, 0.05) is 19.3 Å². The van der Waals surface area contributed by atoms with Crippen molar-refractivity contribution in [1.82, 2.24) is 24.1 Å². The topological polar surface area (TPSA) is 124 Å². The van der Waals surface area contributed by atoms with E-state index in [-0.39, 0.29) is 16.2 Å². The zero-order chi connectivity index (χ0) is 22.5. The van der Waals surface area contributed by atoms with Crippen LogP contribution < -0.4 is 4.74 Å². The van der Waals surface area contributed by atoms with Crippen molar-refractivity contribution < 1.29 is 21.6 Å². The summed E-state index contributed by atoms with van der Waals surface area (Å²) in [5.41, 5.74) is 0.617. The molecule has 0 unspecified atom stereocenters. The van der Waals surface area contributed by atoms with Gasteiger partial charge in [-0.3, -0.25) is 0 Å². The van der Waals surface area contributed by atoms with Crippen molar-refractivity contribution in [2.45, 2.75) is 41.9 Å². The highest BCUT2D eigenvalue weighted by Crippen LogP contribution is 2.35. The van der Waals surface area contributed by atoms with Crippen LogP contribution in [0.25, 0.3) is 11.0 Å². The fourth-order valence-corrected chi connectivity index (χ4v) is 6.48. The number of fused-ring (bicyclic) bond motifs is 1.